The van der Waals surface area contributed by atoms with Gasteiger partial charge < -0.3 is 29.9 Å². The van der Waals surface area contributed by atoms with Gasteiger partial charge >= 0.3 is 6.09 Å². The minimum Gasteiger partial charge on any atom is -0.497 e. The fourth-order valence-corrected chi connectivity index (χ4v) is 6.06. The summed E-state index contributed by atoms with van der Waals surface area (Å²) in [6.45, 7) is 3.28. The van der Waals surface area contributed by atoms with Gasteiger partial charge in [0.05, 0.1) is 7.11 Å². The SMILES string of the molecule is COc1ccc(CN2C(=O)[C@H](CCCNC(=O)OCc3ccccc3)NC(=O)C23CCN(CCc2ccccc2)CC3)cc1. The smallest absolute Gasteiger partial charge is 0.407 e. The molecule has 2 fully saturated rings. The topological polar surface area (TPSA) is 100 Å². The molecule has 2 N–H and O–H groups in total. The third-order valence-electron chi connectivity index (χ3n) is 8.70. The molecule has 232 valence electrons. The molecule has 5 rings (SSSR count). The minimum absolute atomic E-state index is 0.0789. The lowest BCUT2D eigenvalue weighted by Gasteiger charge is -2.51. The predicted molar refractivity (Wildman–Crippen MR) is 168 cm³/mol. The Morgan fingerprint density at radius 1 is 0.909 bits per heavy atom. The number of methoxy groups -OCH3 is 1. The van der Waals surface area contributed by atoms with Crippen molar-refractivity contribution >= 4 is 17.9 Å². The maximum absolute atomic E-state index is 14.0. The Balaban J connectivity index is 1.19. The Kier molecular flexibility index (Phi) is 10.5. The van der Waals surface area contributed by atoms with Crippen LogP contribution in [-0.2, 0) is 33.9 Å². The van der Waals surface area contributed by atoms with Gasteiger partial charge in [0.25, 0.3) is 0 Å². The van der Waals surface area contributed by atoms with Gasteiger partial charge in [0.1, 0.15) is 23.9 Å². The Bertz CT molecular complexity index is 1380. The standard InChI is InChI=1S/C35H42N4O5/c1-43-30-16-14-28(15-17-30)25-39-32(40)31(13-8-21-36-34(42)44-26-29-11-6-3-7-12-29)37-33(41)35(39)19-23-38(24-20-35)22-18-27-9-4-2-5-10-27/h2-7,9-12,14-17,31H,8,13,18-26H2,1H3,(H,36,42)(H,37,41)/t31-/m0/s1. The average molecular weight is 599 g/mol. The number of amides is 3. The van der Waals surface area contributed by atoms with Gasteiger partial charge in [-0.05, 0) is 60.9 Å². The lowest BCUT2D eigenvalue weighted by molar-refractivity contribution is -0.162. The van der Waals surface area contributed by atoms with Gasteiger partial charge in [0, 0.05) is 32.7 Å². The van der Waals surface area contributed by atoms with Crippen LogP contribution in [0.15, 0.2) is 84.9 Å². The van der Waals surface area contributed by atoms with E-state index in [1.807, 2.05) is 65.6 Å². The first-order chi connectivity index (χ1) is 21.5. The van der Waals surface area contributed by atoms with Crippen molar-refractivity contribution in [3.63, 3.8) is 0 Å². The van der Waals surface area contributed by atoms with Crippen LogP contribution in [0.4, 0.5) is 4.79 Å². The van der Waals surface area contributed by atoms with Crippen LogP contribution in [0.2, 0.25) is 0 Å². The summed E-state index contributed by atoms with van der Waals surface area (Å²) in [5.74, 6) is 0.573. The number of hydrogen-bond donors (Lipinski definition) is 2. The summed E-state index contributed by atoms with van der Waals surface area (Å²) < 4.78 is 10.6. The second kappa shape index (κ2) is 14.9. The van der Waals surface area contributed by atoms with Crippen LogP contribution in [0.1, 0.15) is 42.4 Å². The summed E-state index contributed by atoms with van der Waals surface area (Å²) in [6.07, 6.45) is 2.54. The number of likely N-dealkylation sites (tertiary alicyclic amines) is 1. The van der Waals surface area contributed by atoms with E-state index in [1.54, 1.807) is 7.11 Å². The molecule has 1 spiro atoms. The molecule has 3 amide bonds. The third kappa shape index (κ3) is 7.77. The quantitative estimate of drug-likeness (QED) is 0.302. The van der Waals surface area contributed by atoms with Gasteiger partial charge in [-0.1, -0.05) is 72.8 Å². The summed E-state index contributed by atoms with van der Waals surface area (Å²) in [5, 5.41) is 5.81. The zero-order chi connectivity index (χ0) is 30.8. The van der Waals surface area contributed by atoms with E-state index in [-0.39, 0.29) is 18.4 Å². The second-order valence-corrected chi connectivity index (χ2v) is 11.5. The number of piperidine rings is 1. The van der Waals surface area contributed by atoms with Gasteiger partial charge in [-0.15, -0.1) is 0 Å². The second-order valence-electron chi connectivity index (χ2n) is 11.5. The van der Waals surface area contributed by atoms with Crippen molar-refractivity contribution in [1.29, 1.82) is 0 Å². The van der Waals surface area contributed by atoms with E-state index in [4.69, 9.17) is 9.47 Å². The Morgan fingerprint density at radius 3 is 2.23 bits per heavy atom. The summed E-state index contributed by atoms with van der Waals surface area (Å²) in [7, 11) is 1.62. The molecule has 2 heterocycles. The number of carbonyl (C=O) groups excluding carboxylic acids is 3. The van der Waals surface area contributed by atoms with Crippen molar-refractivity contribution in [2.75, 3.05) is 33.3 Å². The molecule has 3 aromatic rings. The molecule has 9 heteroatoms. The van der Waals surface area contributed by atoms with Crippen LogP contribution in [0, 0.1) is 0 Å². The number of alkyl carbamates (subject to hydrolysis) is 1. The molecular formula is C35H42N4O5. The third-order valence-corrected chi connectivity index (χ3v) is 8.70. The fraction of sp³-hybridized carbons (Fsp3) is 0.400. The molecule has 0 radical (unpaired) electrons. The lowest BCUT2D eigenvalue weighted by Crippen LogP contribution is -2.72. The predicted octanol–water partition coefficient (Wildman–Crippen LogP) is 4.31. The number of piperazine rings is 1. The molecule has 2 saturated heterocycles. The molecule has 0 aromatic heterocycles. The van der Waals surface area contributed by atoms with E-state index >= 15 is 0 Å². The molecule has 1 atom stereocenters. The van der Waals surface area contributed by atoms with E-state index in [0.717, 1.165) is 42.9 Å². The first-order valence-electron chi connectivity index (χ1n) is 15.4. The number of ether oxygens (including phenoxy) is 2. The molecule has 0 unspecified atom stereocenters. The number of benzene rings is 3. The largest absolute Gasteiger partial charge is 0.497 e. The fourth-order valence-electron chi connectivity index (χ4n) is 6.06. The summed E-state index contributed by atoms with van der Waals surface area (Å²) >= 11 is 0. The van der Waals surface area contributed by atoms with Crippen LogP contribution in [0.5, 0.6) is 5.75 Å². The van der Waals surface area contributed by atoms with Crippen LogP contribution in [0.3, 0.4) is 0 Å². The Hall–Kier alpha value is -4.37. The van der Waals surface area contributed by atoms with Crippen molar-refractivity contribution in [3.8, 4) is 5.75 Å². The normalized spacial score (nSPS) is 18.1. The first-order valence-corrected chi connectivity index (χ1v) is 15.4. The summed E-state index contributed by atoms with van der Waals surface area (Å²) in [5.41, 5.74) is 2.25. The van der Waals surface area contributed by atoms with Gasteiger partial charge in [-0.25, -0.2) is 4.79 Å². The molecule has 0 bridgehead atoms. The first kappa shape index (κ1) is 31.1. The number of rotatable bonds is 12. The molecule has 44 heavy (non-hydrogen) atoms. The van der Waals surface area contributed by atoms with Gasteiger partial charge in [-0.2, -0.15) is 0 Å². The maximum Gasteiger partial charge on any atom is 0.407 e. The molecule has 3 aromatic carbocycles. The van der Waals surface area contributed by atoms with E-state index < -0.39 is 17.7 Å². The van der Waals surface area contributed by atoms with E-state index in [1.165, 1.54) is 5.56 Å². The molecule has 2 aliphatic heterocycles. The number of hydrogen-bond acceptors (Lipinski definition) is 6. The van der Waals surface area contributed by atoms with Crippen LogP contribution in [-0.4, -0.2) is 72.6 Å². The van der Waals surface area contributed by atoms with Crippen LogP contribution < -0.4 is 15.4 Å². The van der Waals surface area contributed by atoms with Crippen molar-refractivity contribution in [2.24, 2.45) is 0 Å². The number of carbonyl (C=O) groups is 3. The zero-order valence-electron chi connectivity index (χ0n) is 25.4. The minimum atomic E-state index is -0.893. The Morgan fingerprint density at radius 2 is 1.57 bits per heavy atom. The monoisotopic (exact) mass is 598 g/mol. The Labute approximate surface area is 259 Å². The zero-order valence-corrected chi connectivity index (χ0v) is 25.4. The highest BCUT2D eigenvalue weighted by Gasteiger charge is 2.53. The highest BCUT2D eigenvalue weighted by Crippen LogP contribution is 2.35. The van der Waals surface area contributed by atoms with E-state index in [9.17, 15) is 14.4 Å². The van der Waals surface area contributed by atoms with E-state index in [0.29, 0.717) is 38.8 Å². The summed E-state index contributed by atoms with van der Waals surface area (Å²) in [4.78, 5) is 44.2. The van der Waals surface area contributed by atoms with Crippen LogP contribution >= 0.6 is 0 Å². The number of nitrogens with zero attached hydrogens (tertiary/aromatic N) is 2. The molecule has 0 saturated carbocycles. The van der Waals surface area contributed by atoms with Crippen molar-refractivity contribution in [1.82, 2.24) is 20.4 Å². The van der Waals surface area contributed by atoms with Gasteiger partial charge in [-0.3, -0.25) is 9.59 Å². The van der Waals surface area contributed by atoms with Gasteiger partial charge in [0.15, 0.2) is 0 Å². The van der Waals surface area contributed by atoms with Crippen LogP contribution in [0.25, 0.3) is 0 Å². The maximum atomic E-state index is 14.0. The lowest BCUT2D eigenvalue weighted by atomic mass is 9.81. The molecule has 0 aliphatic carbocycles. The van der Waals surface area contributed by atoms with Crippen molar-refractivity contribution in [3.05, 3.63) is 102 Å². The van der Waals surface area contributed by atoms with Gasteiger partial charge in [0.2, 0.25) is 11.8 Å². The molecule has 2 aliphatic rings. The molecule has 9 nitrogen and oxygen atoms in total. The number of nitrogens with one attached hydrogen (secondary N) is 2. The molecular weight excluding hydrogens is 556 g/mol. The van der Waals surface area contributed by atoms with E-state index in [2.05, 4.69) is 39.8 Å². The summed E-state index contributed by atoms with van der Waals surface area (Å²) in [6, 6.07) is 26.9. The van der Waals surface area contributed by atoms with Crippen molar-refractivity contribution in [2.45, 2.75) is 56.8 Å². The average Bonchev–Trinajstić information content (AvgIpc) is 3.07. The highest BCUT2D eigenvalue weighted by atomic mass is 16.5. The highest BCUT2D eigenvalue weighted by molar-refractivity contribution is 6.00. The van der Waals surface area contributed by atoms with Crippen molar-refractivity contribution < 1.29 is 23.9 Å².